The standard InChI is InChI=1S/C13H11NO5/c1-8(15)12-10(7-19-13(12)16)6-9-2-4-11(5-3-9)14(17)18/h2-6,12H,7H2,1H3. The molecule has 2 rings (SSSR count). The van der Waals surface area contributed by atoms with Crippen LogP contribution < -0.4 is 0 Å². The maximum atomic E-state index is 11.4. The second-order valence-electron chi connectivity index (χ2n) is 4.22. The average Bonchev–Trinajstić information content (AvgIpc) is 2.71. The molecule has 6 heteroatoms. The number of nitro groups is 1. The molecule has 0 saturated carbocycles. The molecule has 0 bridgehead atoms. The van der Waals surface area contributed by atoms with Gasteiger partial charge in [0.1, 0.15) is 18.3 Å². The van der Waals surface area contributed by atoms with Gasteiger partial charge >= 0.3 is 5.97 Å². The van der Waals surface area contributed by atoms with Crippen molar-refractivity contribution in [2.45, 2.75) is 6.92 Å². The summed E-state index contributed by atoms with van der Waals surface area (Å²) in [6.07, 6.45) is 1.65. The third-order valence-electron chi connectivity index (χ3n) is 2.85. The number of nitro benzene ring substituents is 1. The van der Waals surface area contributed by atoms with Crippen molar-refractivity contribution in [3.8, 4) is 0 Å². The highest BCUT2D eigenvalue weighted by Gasteiger charge is 2.35. The topological polar surface area (TPSA) is 86.5 Å². The fraction of sp³-hybridized carbons (Fsp3) is 0.231. The summed E-state index contributed by atoms with van der Waals surface area (Å²) in [5.74, 6) is -1.66. The smallest absolute Gasteiger partial charge is 0.321 e. The van der Waals surface area contributed by atoms with E-state index >= 15 is 0 Å². The number of non-ortho nitro benzene ring substituents is 1. The van der Waals surface area contributed by atoms with E-state index in [1.165, 1.54) is 19.1 Å². The van der Waals surface area contributed by atoms with E-state index in [1.807, 2.05) is 0 Å². The molecule has 0 aliphatic carbocycles. The van der Waals surface area contributed by atoms with Gasteiger partial charge in [-0.1, -0.05) is 6.08 Å². The first-order valence-corrected chi connectivity index (χ1v) is 5.61. The Labute approximate surface area is 108 Å². The zero-order chi connectivity index (χ0) is 14.0. The molecule has 1 aliphatic rings. The Morgan fingerprint density at radius 2 is 2.05 bits per heavy atom. The van der Waals surface area contributed by atoms with Gasteiger partial charge in [0, 0.05) is 12.1 Å². The van der Waals surface area contributed by atoms with Crippen molar-refractivity contribution in [1.29, 1.82) is 0 Å². The monoisotopic (exact) mass is 261 g/mol. The molecular formula is C13H11NO5. The summed E-state index contributed by atoms with van der Waals surface area (Å²) in [5.41, 5.74) is 1.25. The van der Waals surface area contributed by atoms with Crippen LogP contribution in [0.25, 0.3) is 6.08 Å². The Balaban J connectivity index is 2.28. The Kier molecular flexibility index (Phi) is 3.41. The fourth-order valence-electron chi connectivity index (χ4n) is 1.93. The molecule has 1 fully saturated rings. The summed E-state index contributed by atoms with van der Waals surface area (Å²) in [5, 5.41) is 10.5. The molecule has 1 unspecified atom stereocenters. The second-order valence-corrected chi connectivity index (χ2v) is 4.22. The lowest BCUT2D eigenvalue weighted by molar-refractivity contribution is -0.384. The molecule has 19 heavy (non-hydrogen) atoms. The van der Waals surface area contributed by atoms with Crippen LogP contribution in [0.4, 0.5) is 5.69 Å². The van der Waals surface area contributed by atoms with Gasteiger partial charge < -0.3 is 4.74 Å². The lowest BCUT2D eigenvalue weighted by Crippen LogP contribution is -2.17. The number of Topliss-reactive ketones (excluding diaryl/α,β-unsaturated/α-hetero) is 1. The molecule has 0 amide bonds. The number of ether oxygens (including phenoxy) is 1. The van der Waals surface area contributed by atoms with Crippen LogP contribution in [0.3, 0.4) is 0 Å². The molecular weight excluding hydrogens is 250 g/mol. The summed E-state index contributed by atoms with van der Waals surface area (Å²) in [7, 11) is 0. The lowest BCUT2D eigenvalue weighted by atomic mass is 9.96. The summed E-state index contributed by atoms with van der Waals surface area (Å²) in [4.78, 5) is 32.8. The number of rotatable bonds is 3. The molecule has 1 atom stereocenters. The van der Waals surface area contributed by atoms with Gasteiger partial charge in [0.15, 0.2) is 0 Å². The molecule has 98 valence electrons. The number of esters is 1. The van der Waals surface area contributed by atoms with Crippen molar-refractivity contribution in [3.05, 3.63) is 45.5 Å². The van der Waals surface area contributed by atoms with E-state index in [9.17, 15) is 19.7 Å². The van der Waals surface area contributed by atoms with E-state index in [4.69, 9.17) is 4.74 Å². The number of ketones is 1. The minimum absolute atomic E-state index is 0.0102. The molecule has 0 N–H and O–H groups in total. The fourth-order valence-corrected chi connectivity index (χ4v) is 1.93. The Bertz CT molecular complexity index is 573. The number of carbonyl (C=O) groups excluding carboxylic acids is 2. The quantitative estimate of drug-likeness (QED) is 0.358. The lowest BCUT2D eigenvalue weighted by Gasteiger charge is -2.02. The Morgan fingerprint density at radius 3 is 2.58 bits per heavy atom. The van der Waals surface area contributed by atoms with E-state index in [0.717, 1.165) is 0 Å². The summed E-state index contributed by atoms with van der Waals surface area (Å²) < 4.78 is 4.84. The minimum Gasteiger partial charge on any atom is -0.460 e. The van der Waals surface area contributed by atoms with Crippen LogP contribution in [-0.4, -0.2) is 23.3 Å². The van der Waals surface area contributed by atoms with Gasteiger partial charge in [0.05, 0.1) is 4.92 Å². The van der Waals surface area contributed by atoms with E-state index in [1.54, 1.807) is 18.2 Å². The molecule has 1 heterocycles. The molecule has 0 spiro atoms. The zero-order valence-corrected chi connectivity index (χ0v) is 10.2. The van der Waals surface area contributed by atoms with Crippen LogP contribution in [0.15, 0.2) is 29.8 Å². The van der Waals surface area contributed by atoms with Gasteiger partial charge in [-0.05, 0) is 30.2 Å². The Morgan fingerprint density at radius 1 is 1.42 bits per heavy atom. The molecule has 0 aromatic heterocycles. The van der Waals surface area contributed by atoms with Crippen LogP contribution in [0.1, 0.15) is 12.5 Å². The number of cyclic esters (lactones) is 1. The van der Waals surface area contributed by atoms with Crippen LogP contribution in [0.2, 0.25) is 0 Å². The first-order valence-electron chi connectivity index (χ1n) is 5.61. The van der Waals surface area contributed by atoms with Crippen LogP contribution in [0.5, 0.6) is 0 Å². The van der Waals surface area contributed by atoms with Crippen molar-refractivity contribution < 1.29 is 19.2 Å². The second kappa shape index (κ2) is 5.01. The van der Waals surface area contributed by atoms with E-state index in [2.05, 4.69) is 0 Å². The third kappa shape index (κ3) is 2.67. The average molecular weight is 261 g/mol. The van der Waals surface area contributed by atoms with E-state index in [0.29, 0.717) is 11.1 Å². The maximum Gasteiger partial charge on any atom is 0.321 e. The predicted molar refractivity (Wildman–Crippen MR) is 66.2 cm³/mol. The van der Waals surface area contributed by atoms with Gasteiger partial charge in [-0.2, -0.15) is 0 Å². The third-order valence-corrected chi connectivity index (χ3v) is 2.85. The highest BCUT2D eigenvalue weighted by atomic mass is 16.6. The minimum atomic E-state index is -0.852. The van der Waals surface area contributed by atoms with E-state index in [-0.39, 0.29) is 18.1 Å². The number of nitrogens with zero attached hydrogens (tertiary/aromatic N) is 1. The van der Waals surface area contributed by atoms with Crippen molar-refractivity contribution in [1.82, 2.24) is 0 Å². The van der Waals surface area contributed by atoms with Gasteiger partial charge in [-0.15, -0.1) is 0 Å². The number of benzene rings is 1. The summed E-state index contributed by atoms with van der Waals surface area (Å²) in [6.45, 7) is 1.42. The SMILES string of the molecule is CC(=O)C1C(=O)OCC1=Cc1ccc([N+](=O)[O-])cc1. The van der Waals surface area contributed by atoms with Gasteiger partial charge in [0.2, 0.25) is 0 Å². The van der Waals surface area contributed by atoms with Gasteiger partial charge in [0.25, 0.3) is 5.69 Å². The predicted octanol–water partition coefficient (Wildman–Crippen LogP) is 1.74. The molecule has 0 radical (unpaired) electrons. The normalized spacial score (nSPS) is 20.4. The zero-order valence-electron chi connectivity index (χ0n) is 10.2. The van der Waals surface area contributed by atoms with Crippen LogP contribution in [0, 0.1) is 16.0 Å². The highest BCUT2D eigenvalue weighted by molar-refractivity contribution is 6.03. The van der Waals surface area contributed by atoms with Crippen molar-refractivity contribution in [2.24, 2.45) is 5.92 Å². The van der Waals surface area contributed by atoms with Gasteiger partial charge in [-0.3, -0.25) is 19.7 Å². The number of carbonyl (C=O) groups is 2. The van der Waals surface area contributed by atoms with Crippen LogP contribution in [-0.2, 0) is 14.3 Å². The van der Waals surface area contributed by atoms with E-state index < -0.39 is 16.8 Å². The largest absolute Gasteiger partial charge is 0.460 e. The van der Waals surface area contributed by atoms with Crippen LogP contribution >= 0.6 is 0 Å². The molecule has 6 nitrogen and oxygen atoms in total. The van der Waals surface area contributed by atoms with Crippen molar-refractivity contribution >= 4 is 23.5 Å². The number of hydrogen-bond acceptors (Lipinski definition) is 5. The van der Waals surface area contributed by atoms with Gasteiger partial charge in [-0.25, -0.2) is 0 Å². The summed E-state index contributed by atoms with van der Waals surface area (Å²) in [6, 6.07) is 5.86. The number of hydrogen-bond donors (Lipinski definition) is 0. The van der Waals surface area contributed by atoms with Crippen molar-refractivity contribution in [2.75, 3.05) is 6.61 Å². The molecule has 1 aromatic carbocycles. The Hall–Kier alpha value is -2.50. The highest BCUT2D eigenvalue weighted by Crippen LogP contribution is 2.25. The maximum absolute atomic E-state index is 11.4. The summed E-state index contributed by atoms with van der Waals surface area (Å²) >= 11 is 0. The first kappa shape index (κ1) is 12.9. The molecule has 1 aliphatic heterocycles. The molecule has 1 saturated heterocycles. The molecule has 1 aromatic rings. The first-order chi connectivity index (χ1) is 8.99. The van der Waals surface area contributed by atoms with Crippen molar-refractivity contribution in [3.63, 3.8) is 0 Å².